The Bertz CT molecular complexity index is 983. The molecule has 5 nitrogen and oxygen atoms in total. The van der Waals surface area contributed by atoms with E-state index in [0.29, 0.717) is 12.6 Å². The van der Waals surface area contributed by atoms with Crippen LogP contribution in [0.25, 0.3) is 11.1 Å². The van der Waals surface area contributed by atoms with Crippen LogP contribution in [0.15, 0.2) is 60.2 Å². The lowest BCUT2D eigenvalue weighted by atomic mass is 9.89. The number of pyridine rings is 1. The number of hydrogen-bond donors (Lipinski definition) is 1. The van der Waals surface area contributed by atoms with Crippen LogP contribution < -0.4 is 10.1 Å². The number of amides is 1. The number of carbonyl (C=O) groups excluding carboxylic acids is 1. The molecule has 0 radical (unpaired) electrons. The van der Waals surface area contributed by atoms with Gasteiger partial charge in [0.1, 0.15) is 5.75 Å². The molecule has 0 spiro atoms. The van der Waals surface area contributed by atoms with Crippen LogP contribution in [-0.2, 0) is 6.54 Å². The van der Waals surface area contributed by atoms with Gasteiger partial charge in [-0.15, -0.1) is 11.3 Å². The summed E-state index contributed by atoms with van der Waals surface area (Å²) < 4.78 is 5.67. The van der Waals surface area contributed by atoms with E-state index in [1.807, 2.05) is 55.0 Å². The molecule has 2 heterocycles. The van der Waals surface area contributed by atoms with Gasteiger partial charge in [-0.1, -0.05) is 18.2 Å². The first kappa shape index (κ1) is 21.5. The van der Waals surface area contributed by atoms with Crippen LogP contribution in [0.4, 0.5) is 0 Å². The summed E-state index contributed by atoms with van der Waals surface area (Å²) in [5.41, 5.74) is 3.15. The van der Waals surface area contributed by atoms with Gasteiger partial charge in [0, 0.05) is 42.1 Å². The maximum Gasteiger partial charge on any atom is 0.264 e. The van der Waals surface area contributed by atoms with Crippen molar-refractivity contribution < 1.29 is 9.53 Å². The average Bonchev–Trinajstić information content (AvgIpc) is 3.38. The Kier molecular flexibility index (Phi) is 6.99. The molecule has 1 fully saturated rings. The number of aromatic nitrogens is 1. The maximum absolute atomic E-state index is 13.5. The molecule has 1 aliphatic carbocycles. The molecule has 0 bridgehead atoms. The molecule has 2 aromatic heterocycles. The van der Waals surface area contributed by atoms with Gasteiger partial charge in [0.15, 0.2) is 0 Å². The summed E-state index contributed by atoms with van der Waals surface area (Å²) in [4.78, 5) is 20.6. The van der Waals surface area contributed by atoms with Crippen LogP contribution in [0.2, 0.25) is 0 Å². The fraction of sp³-hybridized carbons (Fsp3) is 0.360. The Morgan fingerprint density at radius 1 is 1.16 bits per heavy atom. The first-order chi connectivity index (χ1) is 15.2. The van der Waals surface area contributed by atoms with E-state index in [2.05, 4.69) is 21.3 Å². The molecule has 1 amide bonds. The van der Waals surface area contributed by atoms with Gasteiger partial charge in [-0.3, -0.25) is 9.78 Å². The molecular formula is C25H29N3O2S. The van der Waals surface area contributed by atoms with Gasteiger partial charge in [0.2, 0.25) is 0 Å². The average molecular weight is 436 g/mol. The van der Waals surface area contributed by atoms with Crippen LogP contribution in [0.5, 0.6) is 5.75 Å². The summed E-state index contributed by atoms with van der Waals surface area (Å²) in [5, 5.41) is 5.35. The number of nitrogens with zero attached hydrogens (tertiary/aromatic N) is 2. The number of methoxy groups -OCH3 is 1. The number of thiophene rings is 1. The first-order valence-electron chi connectivity index (χ1n) is 10.8. The molecule has 3 aromatic rings. The highest BCUT2D eigenvalue weighted by atomic mass is 32.1. The third-order valence-electron chi connectivity index (χ3n) is 6.15. The lowest BCUT2D eigenvalue weighted by molar-refractivity contribution is 0.0604. The second-order valence-electron chi connectivity index (χ2n) is 7.97. The Labute approximate surface area is 188 Å². The van der Waals surface area contributed by atoms with Crippen LogP contribution in [0, 0.1) is 0 Å². The monoisotopic (exact) mass is 435 g/mol. The van der Waals surface area contributed by atoms with E-state index in [9.17, 15) is 4.79 Å². The summed E-state index contributed by atoms with van der Waals surface area (Å²) in [6, 6.07) is 14.8. The van der Waals surface area contributed by atoms with Crippen LogP contribution >= 0.6 is 11.3 Å². The second kappa shape index (κ2) is 10.1. The van der Waals surface area contributed by atoms with Gasteiger partial charge in [0.05, 0.1) is 12.0 Å². The summed E-state index contributed by atoms with van der Waals surface area (Å²) in [7, 11) is 3.71. The highest BCUT2D eigenvalue weighted by molar-refractivity contribution is 7.12. The molecule has 1 saturated carbocycles. The zero-order valence-electron chi connectivity index (χ0n) is 18.1. The van der Waals surface area contributed by atoms with Gasteiger partial charge in [-0.25, -0.2) is 0 Å². The lowest BCUT2D eigenvalue weighted by Crippen LogP contribution is -2.44. The lowest BCUT2D eigenvalue weighted by Gasteiger charge is -2.37. The van der Waals surface area contributed by atoms with E-state index in [-0.39, 0.29) is 11.9 Å². The number of carbonyl (C=O) groups is 1. The van der Waals surface area contributed by atoms with E-state index in [1.54, 1.807) is 13.3 Å². The van der Waals surface area contributed by atoms with E-state index in [4.69, 9.17) is 4.74 Å². The third kappa shape index (κ3) is 4.97. The van der Waals surface area contributed by atoms with Gasteiger partial charge >= 0.3 is 0 Å². The van der Waals surface area contributed by atoms with Crippen LogP contribution in [0.1, 0.15) is 40.9 Å². The minimum Gasteiger partial charge on any atom is -0.496 e. The zero-order chi connectivity index (χ0) is 21.6. The van der Waals surface area contributed by atoms with Crippen LogP contribution in [-0.4, -0.2) is 42.0 Å². The van der Waals surface area contributed by atoms with Crippen molar-refractivity contribution in [3.05, 3.63) is 70.7 Å². The second-order valence-corrected chi connectivity index (χ2v) is 8.92. The molecule has 162 valence electrons. The quantitative estimate of drug-likeness (QED) is 0.568. The minimum atomic E-state index is 0.108. The minimum absolute atomic E-state index is 0.108. The summed E-state index contributed by atoms with van der Waals surface area (Å²) >= 11 is 1.51. The topological polar surface area (TPSA) is 54.5 Å². The number of hydrogen-bond acceptors (Lipinski definition) is 5. The summed E-state index contributed by atoms with van der Waals surface area (Å²) in [6.45, 7) is 0.531. The SMILES string of the molecule is CNC1CCC(N(Cc2cc(-c3cccnc3)ccc2OC)C(=O)c2cccs2)CC1. The third-order valence-corrected chi connectivity index (χ3v) is 7.01. The normalized spacial score (nSPS) is 18.5. The standard InChI is InChI=1S/C25H29N3O2S/c1-26-21-8-10-22(11-9-21)28(25(29)24-6-4-14-31-24)17-20-15-18(7-12-23(20)30-2)19-5-3-13-27-16-19/h3-7,12-16,21-22,26H,8-11,17H2,1-2H3. The smallest absolute Gasteiger partial charge is 0.264 e. The molecule has 31 heavy (non-hydrogen) atoms. The van der Waals surface area contributed by atoms with Crippen molar-refractivity contribution in [3.8, 4) is 16.9 Å². The van der Waals surface area contributed by atoms with Gasteiger partial charge in [-0.2, -0.15) is 0 Å². The van der Waals surface area contributed by atoms with Crippen molar-refractivity contribution in [1.29, 1.82) is 0 Å². The molecule has 0 unspecified atom stereocenters. The van der Waals surface area contributed by atoms with Crippen molar-refractivity contribution in [1.82, 2.24) is 15.2 Å². The Balaban J connectivity index is 1.65. The van der Waals surface area contributed by atoms with Crippen molar-refractivity contribution in [2.45, 2.75) is 44.3 Å². The van der Waals surface area contributed by atoms with Crippen molar-refractivity contribution in [2.24, 2.45) is 0 Å². The van der Waals surface area contributed by atoms with Crippen molar-refractivity contribution in [2.75, 3.05) is 14.2 Å². The summed E-state index contributed by atoms with van der Waals surface area (Å²) in [5.74, 6) is 0.914. The molecular weight excluding hydrogens is 406 g/mol. The van der Waals surface area contributed by atoms with E-state index >= 15 is 0 Å². The Morgan fingerprint density at radius 2 is 2.00 bits per heavy atom. The fourth-order valence-corrected chi connectivity index (χ4v) is 5.06. The van der Waals surface area contributed by atoms with Gasteiger partial charge in [0.25, 0.3) is 5.91 Å². The zero-order valence-corrected chi connectivity index (χ0v) is 18.9. The fourth-order valence-electron chi connectivity index (χ4n) is 4.38. The number of ether oxygens (including phenoxy) is 1. The predicted octanol–water partition coefficient (Wildman–Crippen LogP) is 4.99. The Morgan fingerprint density at radius 3 is 2.65 bits per heavy atom. The molecule has 1 aromatic carbocycles. The van der Waals surface area contributed by atoms with Crippen LogP contribution in [0.3, 0.4) is 0 Å². The Hall–Kier alpha value is -2.70. The molecule has 0 saturated heterocycles. The molecule has 4 rings (SSSR count). The molecule has 1 aliphatic rings. The van der Waals surface area contributed by atoms with Gasteiger partial charge < -0.3 is 15.0 Å². The van der Waals surface area contributed by atoms with E-state index in [1.165, 1.54) is 11.3 Å². The molecule has 6 heteroatoms. The van der Waals surface area contributed by atoms with Crippen molar-refractivity contribution >= 4 is 17.2 Å². The van der Waals surface area contributed by atoms with Gasteiger partial charge in [-0.05, 0) is 67.9 Å². The molecule has 1 N–H and O–H groups in total. The van der Waals surface area contributed by atoms with Crippen molar-refractivity contribution in [3.63, 3.8) is 0 Å². The number of nitrogens with one attached hydrogen (secondary N) is 1. The summed E-state index contributed by atoms with van der Waals surface area (Å²) in [6.07, 6.45) is 7.82. The van der Waals surface area contributed by atoms with E-state index < -0.39 is 0 Å². The molecule has 0 aliphatic heterocycles. The highest BCUT2D eigenvalue weighted by Crippen LogP contribution is 2.31. The highest BCUT2D eigenvalue weighted by Gasteiger charge is 2.30. The molecule has 0 atom stereocenters. The largest absolute Gasteiger partial charge is 0.496 e. The predicted molar refractivity (Wildman–Crippen MR) is 126 cm³/mol. The first-order valence-corrected chi connectivity index (χ1v) is 11.7. The maximum atomic E-state index is 13.5. The van der Waals surface area contributed by atoms with E-state index in [0.717, 1.165) is 53.0 Å². The number of rotatable bonds is 7. The number of benzene rings is 1.